The van der Waals surface area contributed by atoms with E-state index >= 15 is 0 Å². The number of nitrogens with two attached hydrogens (primary N) is 1. The van der Waals surface area contributed by atoms with Crippen LogP contribution in [0.5, 0.6) is 0 Å². The van der Waals surface area contributed by atoms with Crippen LogP contribution >= 0.6 is 0 Å². The minimum atomic E-state index is 0.382. The van der Waals surface area contributed by atoms with Crippen molar-refractivity contribution in [3.63, 3.8) is 0 Å². The lowest BCUT2D eigenvalue weighted by Gasteiger charge is -2.26. The highest BCUT2D eigenvalue weighted by molar-refractivity contribution is 4.77. The van der Waals surface area contributed by atoms with Gasteiger partial charge in [-0.1, -0.05) is 33.6 Å². The first-order chi connectivity index (χ1) is 7.01. The van der Waals surface area contributed by atoms with Gasteiger partial charge in [-0.3, -0.25) is 0 Å². The van der Waals surface area contributed by atoms with Gasteiger partial charge in [-0.15, -0.1) is 0 Å². The minimum absolute atomic E-state index is 0.382. The molecule has 1 aliphatic rings. The van der Waals surface area contributed by atoms with E-state index in [2.05, 4.69) is 26.1 Å². The van der Waals surface area contributed by atoms with Crippen LogP contribution < -0.4 is 11.1 Å². The molecule has 90 valence electrons. The summed E-state index contributed by atoms with van der Waals surface area (Å²) in [5.74, 6) is 1.06. The third kappa shape index (κ3) is 6.91. The van der Waals surface area contributed by atoms with Crippen molar-refractivity contribution in [2.75, 3.05) is 13.1 Å². The van der Waals surface area contributed by atoms with Crippen LogP contribution in [-0.4, -0.2) is 19.1 Å². The maximum atomic E-state index is 5.77. The standard InChI is InChI=1S/C13H28N2/c1-13(2,3)9-12(10-14)15-8-4-5-11-6-7-11/h11-12,15H,4-10,14H2,1-3H3. The van der Waals surface area contributed by atoms with Crippen molar-refractivity contribution in [2.24, 2.45) is 17.1 Å². The van der Waals surface area contributed by atoms with Gasteiger partial charge in [0.05, 0.1) is 0 Å². The molecule has 3 N–H and O–H groups in total. The summed E-state index contributed by atoms with van der Waals surface area (Å²) in [6.45, 7) is 8.75. The second-order valence-corrected chi connectivity index (χ2v) is 6.24. The lowest BCUT2D eigenvalue weighted by Crippen LogP contribution is -2.39. The van der Waals surface area contributed by atoms with E-state index in [0.29, 0.717) is 11.5 Å². The summed E-state index contributed by atoms with van der Waals surface area (Å²) >= 11 is 0. The molecule has 1 saturated carbocycles. The Morgan fingerprint density at radius 2 is 2.00 bits per heavy atom. The molecular weight excluding hydrogens is 184 g/mol. The van der Waals surface area contributed by atoms with E-state index < -0.39 is 0 Å². The molecule has 0 bridgehead atoms. The van der Waals surface area contributed by atoms with Crippen molar-refractivity contribution in [3.8, 4) is 0 Å². The SMILES string of the molecule is CC(C)(C)CC(CN)NCCCC1CC1. The van der Waals surface area contributed by atoms with Crippen molar-refractivity contribution in [3.05, 3.63) is 0 Å². The van der Waals surface area contributed by atoms with Crippen molar-refractivity contribution >= 4 is 0 Å². The Balaban J connectivity index is 2.04. The molecule has 15 heavy (non-hydrogen) atoms. The van der Waals surface area contributed by atoms with Gasteiger partial charge in [0.15, 0.2) is 0 Å². The number of hydrogen-bond donors (Lipinski definition) is 2. The molecular formula is C13H28N2. The number of rotatable bonds is 7. The lowest BCUT2D eigenvalue weighted by atomic mass is 9.88. The summed E-state index contributed by atoms with van der Waals surface area (Å²) in [5.41, 5.74) is 6.15. The van der Waals surface area contributed by atoms with Crippen molar-refractivity contribution in [1.82, 2.24) is 5.32 Å². The third-order valence-corrected chi connectivity index (χ3v) is 3.06. The molecule has 0 radical (unpaired) electrons. The average molecular weight is 212 g/mol. The lowest BCUT2D eigenvalue weighted by molar-refractivity contribution is 0.309. The quantitative estimate of drug-likeness (QED) is 0.636. The Morgan fingerprint density at radius 1 is 1.33 bits per heavy atom. The molecule has 0 spiro atoms. The smallest absolute Gasteiger partial charge is 0.0195 e. The minimum Gasteiger partial charge on any atom is -0.329 e. The zero-order valence-corrected chi connectivity index (χ0v) is 10.7. The Labute approximate surface area is 95.0 Å². The number of hydrogen-bond acceptors (Lipinski definition) is 2. The molecule has 1 fully saturated rings. The highest BCUT2D eigenvalue weighted by Crippen LogP contribution is 2.33. The van der Waals surface area contributed by atoms with Crippen LogP contribution in [0.25, 0.3) is 0 Å². The van der Waals surface area contributed by atoms with E-state index in [1.54, 1.807) is 0 Å². The molecule has 1 aliphatic carbocycles. The molecule has 0 heterocycles. The highest BCUT2D eigenvalue weighted by Gasteiger charge is 2.21. The van der Waals surface area contributed by atoms with Gasteiger partial charge >= 0.3 is 0 Å². The van der Waals surface area contributed by atoms with Crippen LogP contribution in [0.2, 0.25) is 0 Å². The van der Waals surface area contributed by atoms with Crippen LogP contribution in [-0.2, 0) is 0 Å². The zero-order chi connectivity index (χ0) is 11.3. The summed E-state index contributed by atoms with van der Waals surface area (Å²) in [6.07, 6.45) is 6.86. The van der Waals surface area contributed by atoms with Gasteiger partial charge in [0, 0.05) is 12.6 Å². The predicted molar refractivity (Wildman–Crippen MR) is 66.9 cm³/mol. The molecule has 0 amide bonds. The molecule has 0 aromatic heterocycles. The van der Waals surface area contributed by atoms with E-state index in [1.165, 1.54) is 32.1 Å². The van der Waals surface area contributed by atoms with Gasteiger partial charge in [-0.25, -0.2) is 0 Å². The van der Waals surface area contributed by atoms with Crippen molar-refractivity contribution < 1.29 is 0 Å². The van der Waals surface area contributed by atoms with E-state index in [-0.39, 0.29) is 0 Å². The fourth-order valence-electron chi connectivity index (χ4n) is 2.08. The fraction of sp³-hybridized carbons (Fsp3) is 1.00. The van der Waals surface area contributed by atoms with Gasteiger partial charge in [0.1, 0.15) is 0 Å². The van der Waals surface area contributed by atoms with Gasteiger partial charge in [0.2, 0.25) is 0 Å². The summed E-state index contributed by atoms with van der Waals surface area (Å²) < 4.78 is 0. The second kappa shape index (κ2) is 5.86. The normalized spacial score (nSPS) is 19.2. The first kappa shape index (κ1) is 13.0. The van der Waals surface area contributed by atoms with Crippen molar-refractivity contribution in [2.45, 2.75) is 58.9 Å². The third-order valence-electron chi connectivity index (χ3n) is 3.06. The average Bonchev–Trinajstić information content (AvgIpc) is 2.92. The first-order valence-electron chi connectivity index (χ1n) is 6.45. The predicted octanol–water partition coefficient (Wildman–Crippen LogP) is 2.53. The molecule has 2 nitrogen and oxygen atoms in total. The molecule has 1 rings (SSSR count). The Hall–Kier alpha value is -0.0800. The van der Waals surface area contributed by atoms with Crippen molar-refractivity contribution in [1.29, 1.82) is 0 Å². The van der Waals surface area contributed by atoms with E-state index in [9.17, 15) is 0 Å². The molecule has 1 atom stereocenters. The van der Waals surface area contributed by atoms with Gasteiger partial charge in [-0.2, -0.15) is 0 Å². The summed E-state index contributed by atoms with van der Waals surface area (Å²) in [5, 5.41) is 3.58. The van der Waals surface area contributed by atoms with Crippen LogP contribution in [0, 0.1) is 11.3 Å². The molecule has 1 unspecified atom stereocenters. The molecule has 0 aliphatic heterocycles. The van der Waals surface area contributed by atoms with E-state index in [4.69, 9.17) is 5.73 Å². The fourth-order valence-corrected chi connectivity index (χ4v) is 2.08. The van der Waals surface area contributed by atoms with Gasteiger partial charge in [0.25, 0.3) is 0 Å². The molecule has 0 saturated heterocycles. The van der Waals surface area contributed by atoms with Crippen LogP contribution in [0.4, 0.5) is 0 Å². The van der Waals surface area contributed by atoms with Crippen LogP contribution in [0.3, 0.4) is 0 Å². The molecule has 0 aromatic rings. The Morgan fingerprint density at radius 3 is 2.47 bits per heavy atom. The second-order valence-electron chi connectivity index (χ2n) is 6.24. The summed E-state index contributed by atoms with van der Waals surface area (Å²) in [6, 6.07) is 0.504. The first-order valence-corrected chi connectivity index (χ1v) is 6.45. The van der Waals surface area contributed by atoms with Gasteiger partial charge < -0.3 is 11.1 Å². The Bertz CT molecular complexity index is 168. The van der Waals surface area contributed by atoms with Gasteiger partial charge in [-0.05, 0) is 37.1 Å². The topological polar surface area (TPSA) is 38.0 Å². The van der Waals surface area contributed by atoms with Crippen LogP contribution in [0.15, 0.2) is 0 Å². The summed E-state index contributed by atoms with van der Waals surface area (Å²) in [7, 11) is 0. The van der Waals surface area contributed by atoms with E-state index in [1.807, 2.05) is 0 Å². The Kier molecular flexibility index (Phi) is 5.07. The number of nitrogens with one attached hydrogen (secondary N) is 1. The zero-order valence-electron chi connectivity index (χ0n) is 10.7. The molecule has 0 aromatic carbocycles. The maximum absolute atomic E-state index is 5.77. The maximum Gasteiger partial charge on any atom is 0.0195 e. The largest absolute Gasteiger partial charge is 0.329 e. The summed E-state index contributed by atoms with van der Waals surface area (Å²) in [4.78, 5) is 0. The van der Waals surface area contributed by atoms with E-state index in [0.717, 1.165) is 19.0 Å². The highest BCUT2D eigenvalue weighted by atomic mass is 14.9. The molecule has 2 heteroatoms. The monoisotopic (exact) mass is 212 g/mol. The van der Waals surface area contributed by atoms with Crippen LogP contribution in [0.1, 0.15) is 52.9 Å².